The summed E-state index contributed by atoms with van der Waals surface area (Å²) in [5.74, 6) is 3.25. The molecule has 4 atom stereocenters. The second kappa shape index (κ2) is 10.6. The molecule has 1 N–H and O–H groups in total. The number of rotatable bonds is 6. The molecule has 1 saturated carbocycles. The largest absolute Gasteiger partial charge is 0.507 e. The zero-order valence-corrected chi connectivity index (χ0v) is 22.2. The van der Waals surface area contributed by atoms with Crippen molar-refractivity contribution in [2.24, 2.45) is 17.8 Å². The van der Waals surface area contributed by atoms with E-state index in [-0.39, 0.29) is 15.1 Å². The summed E-state index contributed by atoms with van der Waals surface area (Å²) in [6.07, 6.45) is 13.2. The number of phenolic OH excluding ortho intramolecular Hbond substituents is 1. The lowest BCUT2D eigenvalue weighted by atomic mass is 9.75. The van der Waals surface area contributed by atoms with E-state index in [9.17, 15) is 5.11 Å². The molecule has 0 aliphatic heterocycles. The normalized spacial score (nSPS) is 24.9. The molecule has 0 spiro atoms. The smallest absolute Gasteiger partial charge is 0.215 e. The minimum Gasteiger partial charge on any atom is -0.507 e. The number of fused-ring (bicyclic) bond motifs is 2. The summed E-state index contributed by atoms with van der Waals surface area (Å²) in [5.41, 5.74) is 7.71. The van der Waals surface area contributed by atoms with E-state index in [1.807, 2.05) is 6.07 Å². The Morgan fingerprint density at radius 2 is 1.50 bits per heavy atom. The summed E-state index contributed by atoms with van der Waals surface area (Å²) in [5, 5.41) is 11.1. The fraction of sp³-hybridized carbons (Fsp3) is 0.600. The minimum atomic E-state index is -0.0125. The van der Waals surface area contributed by atoms with Gasteiger partial charge in [-0.15, -0.1) is 0 Å². The lowest BCUT2D eigenvalue weighted by Crippen LogP contribution is -2.32. The van der Waals surface area contributed by atoms with Crippen molar-refractivity contribution in [3.8, 4) is 22.6 Å². The second-order valence-electron chi connectivity index (χ2n) is 11.3. The van der Waals surface area contributed by atoms with Crippen LogP contribution in [0.15, 0.2) is 24.3 Å². The zero-order chi connectivity index (χ0) is 23.7. The monoisotopic (exact) mass is 480 g/mol. The summed E-state index contributed by atoms with van der Waals surface area (Å²) >= 11 is 0. The Morgan fingerprint density at radius 1 is 0.853 bits per heavy atom. The number of aromatic hydroxyl groups is 1. The Hall–Kier alpha value is -1.57. The van der Waals surface area contributed by atoms with Crippen LogP contribution in [0.25, 0.3) is 11.1 Å². The molecule has 0 saturated heterocycles. The van der Waals surface area contributed by atoms with Crippen LogP contribution in [0.3, 0.4) is 0 Å². The molecule has 184 valence electrons. The highest BCUT2D eigenvalue weighted by molar-refractivity contribution is 7.26. The van der Waals surface area contributed by atoms with E-state index in [2.05, 4.69) is 39.0 Å². The van der Waals surface area contributed by atoms with Crippen LogP contribution in [-0.4, -0.2) is 11.2 Å². The van der Waals surface area contributed by atoms with Gasteiger partial charge in [-0.05, 0) is 116 Å². The Labute approximate surface area is 207 Å². The van der Waals surface area contributed by atoms with Crippen LogP contribution in [0.5, 0.6) is 11.5 Å². The highest BCUT2D eigenvalue weighted by Crippen LogP contribution is 2.48. The maximum absolute atomic E-state index is 11.1. The van der Waals surface area contributed by atoms with Gasteiger partial charge in [0, 0.05) is 11.1 Å². The van der Waals surface area contributed by atoms with Crippen molar-refractivity contribution >= 4 is 9.03 Å². The molecule has 2 aromatic rings. The van der Waals surface area contributed by atoms with Gasteiger partial charge in [0.2, 0.25) is 9.03 Å². The highest BCUT2D eigenvalue weighted by Gasteiger charge is 2.32. The van der Waals surface area contributed by atoms with Gasteiger partial charge in [-0.1, -0.05) is 39.3 Å². The van der Waals surface area contributed by atoms with Gasteiger partial charge in [0.05, 0.1) is 6.10 Å². The lowest BCUT2D eigenvalue weighted by molar-refractivity contribution is 0.0527. The molecule has 5 rings (SSSR count). The first-order valence-corrected chi connectivity index (χ1v) is 14.4. The van der Waals surface area contributed by atoms with Crippen molar-refractivity contribution in [1.29, 1.82) is 0 Å². The van der Waals surface area contributed by atoms with Gasteiger partial charge in [0.1, 0.15) is 11.5 Å². The van der Waals surface area contributed by atoms with E-state index in [4.69, 9.17) is 9.05 Å². The quantitative estimate of drug-likeness (QED) is 0.424. The number of hydrogen-bond acceptors (Lipinski definition) is 3. The zero-order valence-electron chi connectivity index (χ0n) is 21.2. The van der Waals surface area contributed by atoms with E-state index in [1.54, 1.807) is 0 Å². The van der Waals surface area contributed by atoms with Crippen LogP contribution < -0.4 is 4.52 Å². The summed E-state index contributed by atoms with van der Waals surface area (Å²) in [4.78, 5) is 0. The molecule has 0 amide bonds. The molecule has 2 aromatic carbocycles. The molecule has 3 aliphatic carbocycles. The predicted octanol–water partition coefficient (Wildman–Crippen LogP) is 8.18. The van der Waals surface area contributed by atoms with Crippen LogP contribution in [-0.2, 0) is 30.2 Å². The standard InChI is InChI=1S/C30H41O3P/c1-19(2)23-15-12-20(3)18-28(23)33-34-32-27-17-14-22-9-5-7-11-25(22)30(27)29-24-10-6-4-8-21(24)13-16-26(29)31/h13-14,16-17,19-20,23,28,31,34H,4-12,15,18H2,1-3H3/t20-,23+,28-/m1/s1. The summed E-state index contributed by atoms with van der Waals surface area (Å²) in [6, 6.07) is 8.43. The third-order valence-electron chi connectivity index (χ3n) is 8.57. The molecule has 0 heterocycles. The number of hydrogen-bond donors (Lipinski definition) is 1. The van der Waals surface area contributed by atoms with Crippen LogP contribution >= 0.6 is 9.03 Å². The number of aryl methyl sites for hydroxylation is 2. The van der Waals surface area contributed by atoms with E-state index in [1.165, 1.54) is 60.8 Å². The van der Waals surface area contributed by atoms with Crippen molar-refractivity contribution in [2.75, 3.05) is 0 Å². The molecule has 0 bridgehead atoms. The van der Waals surface area contributed by atoms with Crippen molar-refractivity contribution in [1.82, 2.24) is 0 Å². The minimum absolute atomic E-state index is 0.0125. The Balaban J connectivity index is 1.46. The van der Waals surface area contributed by atoms with E-state index in [0.717, 1.165) is 54.9 Å². The molecule has 3 nitrogen and oxygen atoms in total. The van der Waals surface area contributed by atoms with Crippen molar-refractivity contribution in [3.63, 3.8) is 0 Å². The van der Waals surface area contributed by atoms with Gasteiger partial charge in [-0.3, -0.25) is 0 Å². The maximum atomic E-state index is 11.1. The third-order valence-corrected chi connectivity index (χ3v) is 9.27. The molecule has 1 fully saturated rings. The molecule has 34 heavy (non-hydrogen) atoms. The fourth-order valence-electron chi connectivity index (χ4n) is 6.64. The topological polar surface area (TPSA) is 38.7 Å². The molecular weight excluding hydrogens is 439 g/mol. The lowest BCUT2D eigenvalue weighted by Gasteiger charge is -2.36. The second-order valence-corrected chi connectivity index (χ2v) is 11.9. The summed E-state index contributed by atoms with van der Waals surface area (Å²) in [7, 11) is -0.0125. The molecule has 4 heteroatoms. The first-order chi connectivity index (χ1) is 16.5. The van der Waals surface area contributed by atoms with Crippen molar-refractivity contribution < 1.29 is 14.2 Å². The van der Waals surface area contributed by atoms with Gasteiger partial charge < -0.3 is 14.2 Å². The predicted molar refractivity (Wildman–Crippen MR) is 142 cm³/mol. The fourth-order valence-corrected chi connectivity index (χ4v) is 7.34. The molecule has 1 unspecified atom stereocenters. The Kier molecular flexibility index (Phi) is 7.52. The van der Waals surface area contributed by atoms with Crippen LogP contribution in [0.2, 0.25) is 0 Å². The van der Waals surface area contributed by atoms with Crippen molar-refractivity contribution in [2.45, 2.75) is 97.5 Å². The molecular formula is C30H41O3P. The van der Waals surface area contributed by atoms with Gasteiger partial charge in [0.25, 0.3) is 0 Å². The van der Waals surface area contributed by atoms with Gasteiger partial charge in [-0.2, -0.15) is 0 Å². The molecule has 0 aromatic heterocycles. The van der Waals surface area contributed by atoms with Crippen LogP contribution in [0, 0.1) is 17.8 Å². The molecule has 0 radical (unpaired) electrons. The first-order valence-electron chi connectivity index (χ1n) is 13.6. The number of benzene rings is 2. The number of phenols is 1. The third kappa shape index (κ3) is 4.89. The highest BCUT2D eigenvalue weighted by atomic mass is 31.1. The Bertz CT molecular complexity index is 1010. The average molecular weight is 481 g/mol. The van der Waals surface area contributed by atoms with Gasteiger partial charge in [0.15, 0.2) is 0 Å². The van der Waals surface area contributed by atoms with Gasteiger partial charge >= 0.3 is 0 Å². The van der Waals surface area contributed by atoms with E-state index in [0.29, 0.717) is 17.6 Å². The SMILES string of the molecule is CC(C)[C@@H]1CC[C@@H](C)C[C@H]1OPOc1ccc2c(c1-c1c(O)ccc3c1CCCC3)CCCC2. The Morgan fingerprint density at radius 3 is 2.21 bits per heavy atom. The van der Waals surface area contributed by atoms with Crippen LogP contribution in [0.1, 0.15) is 88.0 Å². The molecule has 3 aliphatic rings. The van der Waals surface area contributed by atoms with Crippen LogP contribution in [0.4, 0.5) is 0 Å². The van der Waals surface area contributed by atoms with E-state index < -0.39 is 0 Å². The summed E-state index contributed by atoms with van der Waals surface area (Å²) < 4.78 is 12.9. The average Bonchev–Trinajstić information content (AvgIpc) is 2.84. The van der Waals surface area contributed by atoms with Crippen molar-refractivity contribution in [3.05, 3.63) is 46.5 Å². The first kappa shape index (κ1) is 24.1. The maximum Gasteiger partial charge on any atom is 0.215 e. The summed E-state index contributed by atoms with van der Waals surface area (Å²) in [6.45, 7) is 6.99. The van der Waals surface area contributed by atoms with Gasteiger partial charge in [-0.25, -0.2) is 0 Å². The van der Waals surface area contributed by atoms with E-state index >= 15 is 0 Å².